The van der Waals surface area contributed by atoms with Gasteiger partial charge in [-0.25, -0.2) is 0 Å². The van der Waals surface area contributed by atoms with E-state index in [1.165, 1.54) is 11.1 Å². The molecule has 0 saturated carbocycles. The van der Waals surface area contributed by atoms with Crippen LogP contribution in [0.4, 0.5) is 0 Å². The largest absolute Gasteiger partial charge is 0.493 e. The normalized spacial score (nSPS) is 12.0. The van der Waals surface area contributed by atoms with Gasteiger partial charge in [-0.3, -0.25) is 4.98 Å². The summed E-state index contributed by atoms with van der Waals surface area (Å²) in [5.74, 6) is 1.39. The lowest BCUT2D eigenvalue weighted by Gasteiger charge is -2.16. The average molecular weight is 286 g/mol. The molecule has 0 fully saturated rings. The number of methoxy groups -OCH3 is 2. The Labute approximate surface area is 126 Å². The smallest absolute Gasteiger partial charge is 0.183 e. The first-order chi connectivity index (χ1) is 10.2. The molecule has 4 nitrogen and oxygen atoms in total. The number of rotatable bonds is 6. The van der Waals surface area contributed by atoms with Crippen LogP contribution in [-0.4, -0.2) is 19.2 Å². The molecular formula is C17H22N2O2. The van der Waals surface area contributed by atoms with Crippen molar-refractivity contribution in [2.75, 3.05) is 14.2 Å². The van der Waals surface area contributed by atoms with E-state index in [0.29, 0.717) is 18.0 Å². The lowest BCUT2D eigenvalue weighted by atomic mass is 10.1. The van der Waals surface area contributed by atoms with Crippen LogP contribution < -0.4 is 14.8 Å². The molecule has 21 heavy (non-hydrogen) atoms. The number of nitrogens with zero attached hydrogens (tertiary/aromatic N) is 1. The van der Waals surface area contributed by atoms with Gasteiger partial charge in [-0.2, -0.15) is 0 Å². The molecule has 1 N–H and O–H groups in total. The van der Waals surface area contributed by atoms with Crippen molar-refractivity contribution in [3.63, 3.8) is 0 Å². The number of pyridine rings is 1. The average Bonchev–Trinajstić information content (AvgIpc) is 2.52. The Hall–Kier alpha value is -2.07. The van der Waals surface area contributed by atoms with Gasteiger partial charge in [-0.15, -0.1) is 0 Å². The molecule has 0 saturated heterocycles. The van der Waals surface area contributed by atoms with Crippen LogP contribution in [0.25, 0.3) is 0 Å². The van der Waals surface area contributed by atoms with E-state index in [1.807, 2.05) is 0 Å². The first-order valence-electron chi connectivity index (χ1n) is 7.01. The SMILES string of the molecule is COc1ccnc(CN[C@@H](C)c2ccc(C)cc2)c1OC. The molecule has 0 bridgehead atoms. The van der Waals surface area contributed by atoms with Crippen molar-refractivity contribution in [2.24, 2.45) is 0 Å². The molecule has 0 unspecified atom stereocenters. The summed E-state index contributed by atoms with van der Waals surface area (Å²) in [5.41, 5.74) is 3.36. The third-order valence-corrected chi connectivity index (χ3v) is 3.52. The van der Waals surface area contributed by atoms with Crippen molar-refractivity contribution in [1.82, 2.24) is 10.3 Å². The monoisotopic (exact) mass is 286 g/mol. The van der Waals surface area contributed by atoms with E-state index in [-0.39, 0.29) is 6.04 Å². The van der Waals surface area contributed by atoms with Gasteiger partial charge in [-0.1, -0.05) is 29.8 Å². The first-order valence-corrected chi connectivity index (χ1v) is 7.01. The second-order valence-electron chi connectivity index (χ2n) is 5.01. The molecule has 0 aliphatic rings. The van der Waals surface area contributed by atoms with Gasteiger partial charge in [0.05, 0.1) is 19.9 Å². The predicted octanol–water partition coefficient (Wildman–Crippen LogP) is 3.26. The van der Waals surface area contributed by atoms with Crippen LogP contribution in [0.3, 0.4) is 0 Å². The maximum absolute atomic E-state index is 5.39. The highest BCUT2D eigenvalue weighted by atomic mass is 16.5. The zero-order valence-corrected chi connectivity index (χ0v) is 13.0. The Bertz CT molecular complexity index is 582. The van der Waals surface area contributed by atoms with Gasteiger partial charge in [0.15, 0.2) is 11.5 Å². The van der Waals surface area contributed by atoms with Crippen molar-refractivity contribution in [3.05, 3.63) is 53.3 Å². The van der Waals surface area contributed by atoms with Crippen molar-refractivity contribution in [1.29, 1.82) is 0 Å². The predicted molar refractivity (Wildman–Crippen MR) is 83.8 cm³/mol. The third kappa shape index (κ3) is 3.73. The number of hydrogen-bond donors (Lipinski definition) is 1. The second kappa shape index (κ2) is 7.09. The highest BCUT2D eigenvalue weighted by Crippen LogP contribution is 2.29. The van der Waals surface area contributed by atoms with E-state index in [9.17, 15) is 0 Å². The van der Waals surface area contributed by atoms with E-state index in [2.05, 4.69) is 48.4 Å². The van der Waals surface area contributed by atoms with Gasteiger partial charge in [-0.05, 0) is 19.4 Å². The summed E-state index contributed by atoms with van der Waals surface area (Å²) >= 11 is 0. The quantitative estimate of drug-likeness (QED) is 0.885. The minimum absolute atomic E-state index is 0.239. The molecule has 0 aliphatic carbocycles. The maximum atomic E-state index is 5.39. The molecule has 2 rings (SSSR count). The number of aryl methyl sites for hydroxylation is 1. The second-order valence-corrected chi connectivity index (χ2v) is 5.01. The lowest BCUT2D eigenvalue weighted by molar-refractivity contribution is 0.347. The zero-order valence-electron chi connectivity index (χ0n) is 13.0. The molecule has 1 heterocycles. The first kappa shape index (κ1) is 15.3. The van der Waals surface area contributed by atoms with Crippen LogP contribution in [0.15, 0.2) is 36.5 Å². The molecule has 0 amide bonds. The summed E-state index contributed by atoms with van der Waals surface area (Å²) in [5, 5.41) is 3.46. The Kier molecular flexibility index (Phi) is 5.17. The summed E-state index contributed by atoms with van der Waals surface area (Å²) in [6.07, 6.45) is 1.73. The fourth-order valence-corrected chi connectivity index (χ4v) is 2.20. The Morgan fingerprint density at radius 3 is 2.43 bits per heavy atom. The number of ether oxygens (including phenoxy) is 2. The fraction of sp³-hybridized carbons (Fsp3) is 0.353. The Morgan fingerprint density at radius 1 is 1.10 bits per heavy atom. The van der Waals surface area contributed by atoms with Crippen LogP contribution in [0.5, 0.6) is 11.5 Å². The third-order valence-electron chi connectivity index (χ3n) is 3.52. The molecule has 1 aromatic carbocycles. The summed E-state index contributed by atoms with van der Waals surface area (Å²) < 4.78 is 10.7. The molecular weight excluding hydrogens is 264 g/mol. The highest BCUT2D eigenvalue weighted by Gasteiger charge is 2.12. The van der Waals surface area contributed by atoms with Crippen molar-refractivity contribution < 1.29 is 9.47 Å². The minimum Gasteiger partial charge on any atom is -0.493 e. The van der Waals surface area contributed by atoms with E-state index in [4.69, 9.17) is 9.47 Å². The van der Waals surface area contributed by atoms with E-state index in [0.717, 1.165) is 5.69 Å². The van der Waals surface area contributed by atoms with Crippen LogP contribution in [0.2, 0.25) is 0 Å². The summed E-state index contributed by atoms with van der Waals surface area (Å²) in [4.78, 5) is 4.37. The van der Waals surface area contributed by atoms with Gasteiger partial charge < -0.3 is 14.8 Å². The molecule has 1 aromatic heterocycles. The molecule has 0 radical (unpaired) electrons. The van der Waals surface area contributed by atoms with Crippen molar-refractivity contribution in [2.45, 2.75) is 26.4 Å². The molecule has 0 aliphatic heterocycles. The lowest BCUT2D eigenvalue weighted by Crippen LogP contribution is -2.19. The number of benzene rings is 1. The fourth-order valence-electron chi connectivity index (χ4n) is 2.20. The van der Waals surface area contributed by atoms with Gasteiger partial charge in [0.2, 0.25) is 0 Å². The summed E-state index contributed by atoms with van der Waals surface area (Å²) in [6.45, 7) is 4.85. The van der Waals surface area contributed by atoms with Gasteiger partial charge in [0.25, 0.3) is 0 Å². The minimum atomic E-state index is 0.239. The van der Waals surface area contributed by atoms with Gasteiger partial charge in [0.1, 0.15) is 0 Å². The molecule has 4 heteroatoms. The van der Waals surface area contributed by atoms with Gasteiger partial charge in [0, 0.05) is 24.8 Å². The number of nitrogens with one attached hydrogen (secondary N) is 1. The van der Waals surface area contributed by atoms with E-state index < -0.39 is 0 Å². The van der Waals surface area contributed by atoms with Crippen molar-refractivity contribution >= 4 is 0 Å². The standard InChI is InChI=1S/C17H22N2O2/c1-12-5-7-14(8-6-12)13(2)19-11-15-17(21-4)16(20-3)9-10-18-15/h5-10,13,19H,11H2,1-4H3/t13-/m0/s1. The highest BCUT2D eigenvalue weighted by molar-refractivity contribution is 5.42. The van der Waals surface area contributed by atoms with Crippen LogP contribution >= 0.6 is 0 Å². The Balaban J connectivity index is 2.07. The topological polar surface area (TPSA) is 43.4 Å². The molecule has 0 spiro atoms. The summed E-state index contributed by atoms with van der Waals surface area (Å²) in [7, 11) is 3.26. The van der Waals surface area contributed by atoms with Gasteiger partial charge >= 0.3 is 0 Å². The number of hydrogen-bond acceptors (Lipinski definition) is 4. The Morgan fingerprint density at radius 2 is 1.81 bits per heavy atom. The molecule has 1 atom stereocenters. The maximum Gasteiger partial charge on any atom is 0.183 e. The summed E-state index contributed by atoms with van der Waals surface area (Å²) in [6, 6.07) is 10.6. The zero-order chi connectivity index (χ0) is 15.2. The van der Waals surface area contributed by atoms with Crippen molar-refractivity contribution in [3.8, 4) is 11.5 Å². The number of aromatic nitrogens is 1. The van der Waals surface area contributed by atoms with Crippen LogP contribution in [-0.2, 0) is 6.54 Å². The van der Waals surface area contributed by atoms with Crippen LogP contribution in [0.1, 0.15) is 29.8 Å². The molecule has 2 aromatic rings. The van der Waals surface area contributed by atoms with E-state index >= 15 is 0 Å². The molecule has 112 valence electrons. The van der Waals surface area contributed by atoms with E-state index in [1.54, 1.807) is 26.5 Å². The van der Waals surface area contributed by atoms with Crippen LogP contribution in [0, 0.1) is 6.92 Å².